The average Bonchev–Trinajstić information content (AvgIpc) is 3.05. The summed E-state index contributed by atoms with van der Waals surface area (Å²) >= 11 is 0. The second-order valence-corrected chi connectivity index (χ2v) is 5.73. The van der Waals surface area contributed by atoms with Crippen molar-refractivity contribution >= 4 is 29.9 Å². The lowest BCUT2D eigenvalue weighted by Gasteiger charge is -2.24. The summed E-state index contributed by atoms with van der Waals surface area (Å²) < 4.78 is 11.1. The highest BCUT2D eigenvalue weighted by molar-refractivity contribution is 14.0. The van der Waals surface area contributed by atoms with Crippen LogP contribution in [0.1, 0.15) is 19.7 Å². The quantitative estimate of drug-likeness (QED) is 0.407. The Bertz CT molecular complexity index is 641. The molecule has 0 radical (unpaired) electrons. The molecule has 0 aliphatic heterocycles. The molecular formula is C17H25IN4O2. The van der Waals surface area contributed by atoms with Gasteiger partial charge in [0.25, 0.3) is 0 Å². The zero-order valence-corrected chi connectivity index (χ0v) is 16.8. The zero-order chi connectivity index (χ0) is 16.7. The molecular weight excluding hydrogens is 419 g/mol. The monoisotopic (exact) mass is 444 g/mol. The summed E-state index contributed by atoms with van der Waals surface area (Å²) in [5, 5.41) is 6.39. The second kappa shape index (κ2) is 9.63. The van der Waals surface area contributed by atoms with Crippen molar-refractivity contribution in [1.82, 2.24) is 15.6 Å². The lowest BCUT2D eigenvalue weighted by atomic mass is 10.1. The lowest BCUT2D eigenvalue weighted by Crippen LogP contribution is -2.45. The Hall–Kier alpha value is -1.61. The normalized spacial score (nSPS) is 11.8. The van der Waals surface area contributed by atoms with Gasteiger partial charge in [0, 0.05) is 26.3 Å². The number of hydrogen-bond acceptors (Lipinski definition) is 4. The van der Waals surface area contributed by atoms with Gasteiger partial charge in [0.15, 0.2) is 11.7 Å². The third kappa shape index (κ3) is 6.12. The van der Waals surface area contributed by atoms with E-state index in [-0.39, 0.29) is 29.6 Å². The number of aliphatic imine (C=N–C) groups is 1. The van der Waals surface area contributed by atoms with Crippen LogP contribution in [0.15, 0.2) is 45.9 Å². The Kier molecular flexibility index (Phi) is 8.20. The molecule has 132 valence electrons. The minimum absolute atomic E-state index is 0. The fourth-order valence-electron chi connectivity index (χ4n) is 1.88. The fourth-order valence-corrected chi connectivity index (χ4v) is 1.88. The van der Waals surface area contributed by atoms with Crippen LogP contribution in [0, 0.1) is 0 Å². The van der Waals surface area contributed by atoms with Gasteiger partial charge in [0.05, 0.1) is 18.3 Å². The van der Waals surface area contributed by atoms with Crippen molar-refractivity contribution in [2.45, 2.75) is 26.0 Å². The predicted octanol–water partition coefficient (Wildman–Crippen LogP) is 3.05. The van der Waals surface area contributed by atoms with Gasteiger partial charge in [-0.3, -0.25) is 4.99 Å². The van der Waals surface area contributed by atoms with E-state index >= 15 is 0 Å². The van der Waals surface area contributed by atoms with Gasteiger partial charge in [-0.05, 0) is 13.8 Å². The number of guanidine groups is 1. The van der Waals surface area contributed by atoms with Crippen LogP contribution >= 0.6 is 24.0 Å². The van der Waals surface area contributed by atoms with Crippen LogP contribution in [-0.2, 0) is 11.3 Å². The van der Waals surface area contributed by atoms with Gasteiger partial charge in [-0.2, -0.15) is 0 Å². The summed E-state index contributed by atoms with van der Waals surface area (Å²) in [6, 6.07) is 9.90. The summed E-state index contributed by atoms with van der Waals surface area (Å²) in [5.74, 6) is 2.04. The first kappa shape index (κ1) is 20.4. The van der Waals surface area contributed by atoms with Crippen molar-refractivity contribution in [2.24, 2.45) is 4.99 Å². The second-order valence-electron chi connectivity index (χ2n) is 5.73. The highest BCUT2D eigenvalue weighted by Crippen LogP contribution is 2.19. The van der Waals surface area contributed by atoms with Crippen molar-refractivity contribution in [3.8, 4) is 11.3 Å². The molecule has 24 heavy (non-hydrogen) atoms. The number of ether oxygens (including phenoxy) is 1. The number of aromatic nitrogens is 1. The topological polar surface area (TPSA) is 71.7 Å². The summed E-state index contributed by atoms with van der Waals surface area (Å²) in [7, 11) is 3.41. The maximum Gasteiger partial charge on any atom is 0.214 e. The number of halogens is 1. The minimum atomic E-state index is -0.263. The standard InChI is InChI=1S/C17H24N4O2.HI/c1-17(2,22-4)12-21-16(18-3)20-11-15-19-10-14(23-15)13-8-6-5-7-9-13;/h5-10H,11-12H2,1-4H3,(H2,18,20,21);1H. The molecule has 0 aliphatic carbocycles. The molecule has 0 unspecified atom stereocenters. The molecule has 7 heteroatoms. The van der Waals surface area contributed by atoms with E-state index in [0.29, 0.717) is 24.9 Å². The summed E-state index contributed by atoms with van der Waals surface area (Å²) in [4.78, 5) is 8.46. The molecule has 2 N–H and O–H groups in total. The number of benzene rings is 1. The average molecular weight is 444 g/mol. The van der Waals surface area contributed by atoms with E-state index in [2.05, 4.69) is 20.6 Å². The van der Waals surface area contributed by atoms with E-state index in [0.717, 1.165) is 11.3 Å². The van der Waals surface area contributed by atoms with Crippen LogP contribution in [-0.4, -0.2) is 37.2 Å². The van der Waals surface area contributed by atoms with Gasteiger partial charge in [-0.15, -0.1) is 24.0 Å². The predicted molar refractivity (Wildman–Crippen MR) is 107 cm³/mol. The van der Waals surface area contributed by atoms with Crippen LogP contribution in [0.3, 0.4) is 0 Å². The van der Waals surface area contributed by atoms with Gasteiger partial charge in [0.1, 0.15) is 0 Å². The summed E-state index contributed by atoms with van der Waals surface area (Å²) in [6.07, 6.45) is 1.73. The Morgan fingerprint density at radius 1 is 1.25 bits per heavy atom. The van der Waals surface area contributed by atoms with Crippen molar-refractivity contribution in [1.29, 1.82) is 0 Å². The number of nitrogens with zero attached hydrogens (tertiary/aromatic N) is 2. The molecule has 6 nitrogen and oxygen atoms in total. The Morgan fingerprint density at radius 3 is 2.58 bits per heavy atom. The van der Waals surface area contributed by atoms with E-state index in [1.165, 1.54) is 0 Å². The maximum absolute atomic E-state index is 5.75. The number of rotatable bonds is 6. The largest absolute Gasteiger partial charge is 0.439 e. The Labute approximate surface area is 160 Å². The Morgan fingerprint density at radius 2 is 1.96 bits per heavy atom. The molecule has 0 spiro atoms. The number of hydrogen-bond donors (Lipinski definition) is 2. The SMILES string of the molecule is CN=C(NCc1ncc(-c2ccccc2)o1)NCC(C)(C)OC.I. The minimum Gasteiger partial charge on any atom is -0.439 e. The van der Waals surface area contributed by atoms with Gasteiger partial charge in [0.2, 0.25) is 5.89 Å². The van der Waals surface area contributed by atoms with E-state index in [1.807, 2.05) is 44.2 Å². The first-order chi connectivity index (χ1) is 11.0. The molecule has 1 aromatic carbocycles. The third-order valence-electron chi connectivity index (χ3n) is 3.48. The molecule has 0 saturated heterocycles. The third-order valence-corrected chi connectivity index (χ3v) is 3.48. The molecule has 0 amide bonds. The van der Waals surface area contributed by atoms with Crippen LogP contribution in [0.4, 0.5) is 0 Å². The van der Waals surface area contributed by atoms with Crippen molar-refractivity contribution in [3.63, 3.8) is 0 Å². The van der Waals surface area contributed by atoms with Crippen molar-refractivity contribution in [3.05, 3.63) is 42.4 Å². The molecule has 1 aromatic heterocycles. The van der Waals surface area contributed by atoms with Crippen LogP contribution < -0.4 is 10.6 Å². The molecule has 2 rings (SSSR count). The smallest absolute Gasteiger partial charge is 0.214 e. The molecule has 1 heterocycles. The van der Waals surface area contributed by atoms with Gasteiger partial charge >= 0.3 is 0 Å². The number of oxazole rings is 1. The number of methoxy groups -OCH3 is 1. The van der Waals surface area contributed by atoms with E-state index in [9.17, 15) is 0 Å². The first-order valence-electron chi connectivity index (χ1n) is 7.54. The first-order valence-corrected chi connectivity index (χ1v) is 7.54. The summed E-state index contributed by atoms with van der Waals surface area (Å²) in [6.45, 7) is 5.12. The van der Waals surface area contributed by atoms with Gasteiger partial charge in [-0.1, -0.05) is 30.3 Å². The van der Waals surface area contributed by atoms with Crippen LogP contribution in [0.2, 0.25) is 0 Å². The highest BCUT2D eigenvalue weighted by Gasteiger charge is 2.16. The maximum atomic E-state index is 5.75. The Balaban J connectivity index is 0.00000288. The molecule has 0 saturated carbocycles. The van der Waals surface area contributed by atoms with Crippen molar-refractivity contribution in [2.75, 3.05) is 20.7 Å². The van der Waals surface area contributed by atoms with Gasteiger partial charge in [-0.25, -0.2) is 4.98 Å². The lowest BCUT2D eigenvalue weighted by molar-refractivity contribution is 0.0268. The zero-order valence-electron chi connectivity index (χ0n) is 14.5. The van der Waals surface area contributed by atoms with Crippen molar-refractivity contribution < 1.29 is 9.15 Å². The highest BCUT2D eigenvalue weighted by atomic mass is 127. The molecule has 0 bridgehead atoms. The molecule has 0 fully saturated rings. The van der Waals surface area contributed by atoms with Crippen LogP contribution in [0.5, 0.6) is 0 Å². The van der Waals surface area contributed by atoms with Crippen LogP contribution in [0.25, 0.3) is 11.3 Å². The van der Waals surface area contributed by atoms with E-state index in [4.69, 9.17) is 9.15 Å². The molecule has 0 atom stereocenters. The molecule has 2 aromatic rings. The number of nitrogens with one attached hydrogen (secondary N) is 2. The van der Waals surface area contributed by atoms with E-state index in [1.54, 1.807) is 20.4 Å². The van der Waals surface area contributed by atoms with Gasteiger partial charge < -0.3 is 19.8 Å². The fraction of sp³-hybridized carbons (Fsp3) is 0.412. The van der Waals surface area contributed by atoms with E-state index < -0.39 is 0 Å². The molecule has 0 aliphatic rings. The summed E-state index contributed by atoms with van der Waals surface area (Å²) in [5.41, 5.74) is 0.747.